The van der Waals surface area contributed by atoms with Crippen LogP contribution in [-0.2, 0) is 14.3 Å². The van der Waals surface area contributed by atoms with Crippen LogP contribution < -0.4 is 5.32 Å². The summed E-state index contributed by atoms with van der Waals surface area (Å²) >= 11 is 0. The molecule has 2 N–H and O–H groups in total. The van der Waals surface area contributed by atoms with E-state index in [0.29, 0.717) is 0 Å². The van der Waals surface area contributed by atoms with Gasteiger partial charge in [0.1, 0.15) is 6.10 Å². The average molecular weight is 277 g/mol. The van der Waals surface area contributed by atoms with Gasteiger partial charge in [-0.3, -0.25) is 4.79 Å². The number of rotatable bonds is 4. The number of aliphatic hydroxyl groups is 1. The van der Waals surface area contributed by atoms with Gasteiger partial charge >= 0.3 is 0 Å². The van der Waals surface area contributed by atoms with Crippen molar-refractivity contribution < 1.29 is 19.4 Å². The summed E-state index contributed by atoms with van der Waals surface area (Å²) in [5, 5.41) is 12.3. The van der Waals surface area contributed by atoms with Crippen LogP contribution in [0.5, 0.6) is 0 Å². The minimum absolute atomic E-state index is 0.247. The molecule has 0 saturated carbocycles. The van der Waals surface area contributed by atoms with Gasteiger partial charge in [-0.25, -0.2) is 0 Å². The van der Waals surface area contributed by atoms with Crippen molar-refractivity contribution in [2.45, 2.75) is 32.0 Å². The summed E-state index contributed by atoms with van der Waals surface area (Å²) in [6.45, 7) is 3.77. The fourth-order valence-electron chi connectivity index (χ4n) is 1.89. The van der Waals surface area contributed by atoms with Gasteiger partial charge in [0.25, 0.3) is 0 Å². The van der Waals surface area contributed by atoms with Crippen molar-refractivity contribution in [1.29, 1.82) is 0 Å². The Bertz CT molecular complexity index is 484. The lowest BCUT2D eigenvalue weighted by Crippen LogP contribution is -2.44. The smallest absolute Gasteiger partial charge is 0.246 e. The molecule has 2 rings (SSSR count). The minimum Gasteiger partial charge on any atom is -0.371 e. The number of carbonyl (C=O) groups is 1. The minimum atomic E-state index is -1.09. The molecule has 0 radical (unpaired) electrons. The van der Waals surface area contributed by atoms with E-state index in [1.54, 1.807) is 19.9 Å². The third-order valence-electron chi connectivity index (χ3n) is 2.90. The Labute approximate surface area is 118 Å². The topological polar surface area (TPSA) is 67.8 Å². The molecule has 1 unspecified atom stereocenters. The van der Waals surface area contributed by atoms with Crippen molar-refractivity contribution in [2.75, 3.05) is 6.61 Å². The maximum Gasteiger partial charge on any atom is 0.246 e. The van der Waals surface area contributed by atoms with Crippen LogP contribution in [0.2, 0.25) is 0 Å². The molecule has 0 aliphatic carbocycles. The monoisotopic (exact) mass is 277 g/mol. The third-order valence-corrected chi connectivity index (χ3v) is 2.90. The molecule has 20 heavy (non-hydrogen) atoms. The van der Waals surface area contributed by atoms with E-state index in [-0.39, 0.29) is 12.5 Å². The Hall–Kier alpha value is -1.69. The van der Waals surface area contributed by atoms with Crippen LogP contribution in [0, 0.1) is 0 Å². The Balaban J connectivity index is 1.84. The SMILES string of the molecule is CC1(C)OC[C@H](C(O)NC(=O)/C=C/c2ccccc2)O1. The van der Waals surface area contributed by atoms with Crippen molar-refractivity contribution in [2.24, 2.45) is 0 Å². The van der Waals surface area contributed by atoms with E-state index in [9.17, 15) is 9.90 Å². The van der Waals surface area contributed by atoms with Gasteiger partial charge in [-0.1, -0.05) is 30.3 Å². The summed E-state index contributed by atoms with van der Waals surface area (Å²) in [7, 11) is 0. The number of nitrogens with one attached hydrogen (secondary N) is 1. The lowest BCUT2D eigenvalue weighted by Gasteiger charge is -2.20. The van der Waals surface area contributed by atoms with Crippen LogP contribution in [-0.4, -0.2) is 35.7 Å². The molecular weight excluding hydrogens is 258 g/mol. The van der Waals surface area contributed by atoms with Crippen LogP contribution in [0.4, 0.5) is 0 Å². The van der Waals surface area contributed by atoms with Crippen molar-refractivity contribution in [3.05, 3.63) is 42.0 Å². The van der Waals surface area contributed by atoms with E-state index in [2.05, 4.69) is 5.32 Å². The Morgan fingerprint density at radius 3 is 2.75 bits per heavy atom. The van der Waals surface area contributed by atoms with Gasteiger partial charge in [-0.05, 0) is 25.5 Å². The fraction of sp³-hybridized carbons (Fsp3) is 0.400. The highest BCUT2D eigenvalue weighted by Gasteiger charge is 2.37. The first-order valence-corrected chi connectivity index (χ1v) is 6.50. The number of hydrogen-bond donors (Lipinski definition) is 2. The highest BCUT2D eigenvalue weighted by Crippen LogP contribution is 2.23. The zero-order chi connectivity index (χ0) is 14.6. The summed E-state index contributed by atoms with van der Waals surface area (Å²) < 4.78 is 10.8. The van der Waals surface area contributed by atoms with Crippen molar-refractivity contribution in [3.63, 3.8) is 0 Å². The summed E-state index contributed by atoms with van der Waals surface area (Å²) in [5.74, 6) is -1.11. The third kappa shape index (κ3) is 4.16. The summed E-state index contributed by atoms with van der Waals surface area (Å²) in [4.78, 5) is 11.7. The molecule has 5 nitrogen and oxygen atoms in total. The van der Waals surface area contributed by atoms with Crippen molar-refractivity contribution in [1.82, 2.24) is 5.32 Å². The first kappa shape index (κ1) is 14.7. The highest BCUT2D eigenvalue weighted by atomic mass is 16.7. The second kappa shape index (κ2) is 6.17. The van der Waals surface area contributed by atoms with E-state index < -0.39 is 18.1 Å². The Morgan fingerprint density at radius 2 is 2.15 bits per heavy atom. The van der Waals surface area contributed by atoms with Crippen LogP contribution in [0.25, 0.3) is 6.08 Å². The van der Waals surface area contributed by atoms with Crippen molar-refractivity contribution in [3.8, 4) is 0 Å². The van der Waals surface area contributed by atoms with Gasteiger partial charge < -0.3 is 19.9 Å². The molecule has 2 atom stereocenters. The lowest BCUT2D eigenvalue weighted by molar-refractivity contribution is -0.155. The molecule has 1 aromatic rings. The van der Waals surface area contributed by atoms with Crippen LogP contribution in [0.15, 0.2) is 36.4 Å². The van der Waals surface area contributed by atoms with E-state index in [4.69, 9.17) is 9.47 Å². The molecule has 1 aliphatic rings. The molecular formula is C15H19NO4. The average Bonchev–Trinajstić information content (AvgIpc) is 2.78. The summed E-state index contributed by atoms with van der Waals surface area (Å²) in [6, 6.07) is 9.45. The van der Waals surface area contributed by atoms with Gasteiger partial charge in [-0.2, -0.15) is 0 Å². The fourth-order valence-corrected chi connectivity index (χ4v) is 1.89. The van der Waals surface area contributed by atoms with E-state index in [1.165, 1.54) is 6.08 Å². The molecule has 0 aromatic heterocycles. The van der Waals surface area contributed by atoms with E-state index >= 15 is 0 Å². The zero-order valence-corrected chi connectivity index (χ0v) is 11.6. The standard InChI is InChI=1S/C15H19NO4/c1-15(2)19-10-12(20-15)14(18)16-13(17)9-8-11-6-4-3-5-7-11/h3-9,12,14,18H,10H2,1-2H3,(H,16,17)/b9-8+/t12-,14?/m1/s1. The first-order chi connectivity index (χ1) is 9.46. The summed E-state index contributed by atoms with van der Waals surface area (Å²) in [5.41, 5.74) is 0.915. The number of ether oxygens (including phenoxy) is 2. The van der Waals surface area contributed by atoms with Crippen LogP contribution in [0.1, 0.15) is 19.4 Å². The number of aliphatic hydroxyl groups excluding tert-OH is 1. The van der Waals surface area contributed by atoms with E-state index in [0.717, 1.165) is 5.56 Å². The highest BCUT2D eigenvalue weighted by molar-refractivity contribution is 5.91. The zero-order valence-electron chi connectivity index (χ0n) is 11.6. The molecule has 1 fully saturated rings. The molecule has 5 heteroatoms. The van der Waals surface area contributed by atoms with Crippen LogP contribution >= 0.6 is 0 Å². The molecule has 0 bridgehead atoms. The van der Waals surface area contributed by atoms with Gasteiger partial charge in [0, 0.05) is 6.08 Å². The molecule has 1 aliphatic heterocycles. The van der Waals surface area contributed by atoms with Gasteiger partial charge in [0.2, 0.25) is 5.91 Å². The van der Waals surface area contributed by atoms with Gasteiger partial charge in [0.15, 0.2) is 12.0 Å². The van der Waals surface area contributed by atoms with Crippen molar-refractivity contribution >= 4 is 12.0 Å². The second-order valence-electron chi connectivity index (χ2n) is 5.06. The maximum atomic E-state index is 11.7. The normalized spacial score (nSPS) is 22.9. The van der Waals surface area contributed by atoms with Crippen LogP contribution in [0.3, 0.4) is 0 Å². The maximum absolute atomic E-state index is 11.7. The molecule has 1 aromatic carbocycles. The molecule has 1 amide bonds. The Kier molecular flexibility index (Phi) is 4.54. The molecule has 1 saturated heterocycles. The second-order valence-corrected chi connectivity index (χ2v) is 5.06. The molecule has 1 heterocycles. The predicted molar refractivity (Wildman–Crippen MR) is 74.5 cm³/mol. The molecule has 108 valence electrons. The number of hydrogen-bond acceptors (Lipinski definition) is 4. The quantitative estimate of drug-likeness (QED) is 0.643. The number of amides is 1. The number of carbonyl (C=O) groups excluding carboxylic acids is 1. The number of benzene rings is 1. The summed E-state index contributed by atoms with van der Waals surface area (Å²) in [6.07, 6.45) is 1.40. The van der Waals surface area contributed by atoms with Gasteiger partial charge in [-0.15, -0.1) is 0 Å². The predicted octanol–water partition coefficient (Wildman–Crippen LogP) is 1.29. The largest absolute Gasteiger partial charge is 0.371 e. The Morgan fingerprint density at radius 1 is 1.45 bits per heavy atom. The first-order valence-electron chi connectivity index (χ1n) is 6.50. The van der Waals surface area contributed by atoms with E-state index in [1.807, 2.05) is 30.3 Å². The molecule has 0 spiro atoms. The lowest BCUT2D eigenvalue weighted by atomic mass is 10.2. The van der Waals surface area contributed by atoms with Gasteiger partial charge in [0.05, 0.1) is 6.61 Å².